The summed E-state index contributed by atoms with van der Waals surface area (Å²) < 4.78 is 5.34. The maximum Gasteiger partial charge on any atom is 0.0469 e. The van der Waals surface area contributed by atoms with E-state index in [0.29, 0.717) is 0 Å². The third-order valence-electron chi connectivity index (χ3n) is 3.11. The average Bonchev–Trinajstić information content (AvgIpc) is 2.37. The number of hydrogen-bond acceptors (Lipinski definition) is 3. The molecule has 0 atom stereocenters. The molecule has 0 aromatic carbocycles. The summed E-state index contributed by atoms with van der Waals surface area (Å²) in [5.74, 6) is 0.811. The number of hydrogen-bond donors (Lipinski definition) is 1. The van der Waals surface area contributed by atoms with Gasteiger partial charge in [0.05, 0.1) is 0 Å². The van der Waals surface area contributed by atoms with E-state index in [9.17, 15) is 0 Å². The van der Waals surface area contributed by atoms with Gasteiger partial charge in [-0.3, -0.25) is 4.98 Å². The van der Waals surface area contributed by atoms with E-state index in [1.54, 1.807) is 0 Å². The fraction of sp³-hybridized carbons (Fsp3) is 0.615. The van der Waals surface area contributed by atoms with Crippen molar-refractivity contribution in [3.63, 3.8) is 0 Å². The van der Waals surface area contributed by atoms with Crippen molar-refractivity contribution >= 4 is 0 Å². The maximum absolute atomic E-state index is 5.34. The number of rotatable bonds is 5. The van der Waals surface area contributed by atoms with Crippen LogP contribution in [0.15, 0.2) is 24.5 Å². The van der Waals surface area contributed by atoms with E-state index in [1.165, 1.54) is 18.4 Å². The van der Waals surface area contributed by atoms with Crippen LogP contribution in [0.2, 0.25) is 0 Å². The molecular formula is C13H20N2O. The molecule has 0 radical (unpaired) electrons. The van der Waals surface area contributed by atoms with Gasteiger partial charge in [0.15, 0.2) is 0 Å². The molecule has 0 unspecified atom stereocenters. The molecule has 0 spiro atoms. The van der Waals surface area contributed by atoms with Gasteiger partial charge < -0.3 is 10.1 Å². The lowest BCUT2D eigenvalue weighted by molar-refractivity contribution is 0.0664. The molecule has 2 heterocycles. The predicted molar refractivity (Wildman–Crippen MR) is 64.4 cm³/mol. The summed E-state index contributed by atoms with van der Waals surface area (Å²) in [5.41, 5.74) is 1.36. The average molecular weight is 220 g/mol. The van der Waals surface area contributed by atoms with Crippen molar-refractivity contribution in [2.75, 3.05) is 26.3 Å². The number of nitrogens with one attached hydrogen (secondary N) is 1. The van der Waals surface area contributed by atoms with Crippen LogP contribution in [0.3, 0.4) is 0 Å². The van der Waals surface area contributed by atoms with E-state index in [2.05, 4.69) is 22.4 Å². The van der Waals surface area contributed by atoms with Crippen molar-refractivity contribution < 1.29 is 4.74 Å². The molecule has 0 saturated carbocycles. The van der Waals surface area contributed by atoms with Crippen molar-refractivity contribution in [2.45, 2.75) is 19.3 Å². The normalized spacial score (nSPS) is 17.5. The van der Waals surface area contributed by atoms with E-state index in [0.717, 1.165) is 38.6 Å². The third kappa shape index (κ3) is 3.91. The van der Waals surface area contributed by atoms with Gasteiger partial charge in [0.1, 0.15) is 0 Å². The van der Waals surface area contributed by atoms with Crippen LogP contribution in [-0.4, -0.2) is 31.3 Å². The quantitative estimate of drug-likeness (QED) is 0.766. The van der Waals surface area contributed by atoms with Crippen LogP contribution in [0.1, 0.15) is 18.4 Å². The molecule has 3 nitrogen and oxygen atoms in total. The zero-order valence-electron chi connectivity index (χ0n) is 9.69. The summed E-state index contributed by atoms with van der Waals surface area (Å²) in [6.07, 6.45) is 7.22. The molecule has 0 bridgehead atoms. The largest absolute Gasteiger partial charge is 0.381 e. The Morgan fingerprint density at radius 3 is 2.75 bits per heavy atom. The fourth-order valence-corrected chi connectivity index (χ4v) is 2.04. The van der Waals surface area contributed by atoms with Crippen molar-refractivity contribution in [3.05, 3.63) is 30.1 Å². The van der Waals surface area contributed by atoms with E-state index in [-0.39, 0.29) is 0 Å². The molecule has 1 aromatic rings. The molecule has 0 aliphatic carbocycles. The molecule has 1 saturated heterocycles. The zero-order valence-corrected chi connectivity index (χ0v) is 9.69. The second-order valence-electron chi connectivity index (χ2n) is 4.37. The lowest BCUT2D eigenvalue weighted by Gasteiger charge is -2.22. The number of pyridine rings is 1. The van der Waals surface area contributed by atoms with Crippen LogP contribution in [0.25, 0.3) is 0 Å². The molecule has 1 aliphatic rings. The Morgan fingerprint density at radius 2 is 2.00 bits per heavy atom. The molecule has 1 N–H and O–H groups in total. The second kappa shape index (κ2) is 6.61. The lowest BCUT2D eigenvalue weighted by atomic mass is 10.0. The van der Waals surface area contributed by atoms with Crippen molar-refractivity contribution in [2.24, 2.45) is 5.92 Å². The fourth-order valence-electron chi connectivity index (χ4n) is 2.04. The summed E-state index contributed by atoms with van der Waals surface area (Å²) >= 11 is 0. The van der Waals surface area contributed by atoms with Crippen molar-refractivity contribution in [1.29, 1.82) is 0 Å². The van der Waals surface area contributed by atoms with Gasteiger partial charge in [0, 0.05) is 25.6 Å². The van der Waals surface area contributed by atoms with Crippen LogP contribution in [0.5, 0.6) is 0 Å². The maximum atomic E-state index is 5.34. The van der Waals surface area contributed by atoms with Crippen LogP contribution in [0, 0.1) is 5.92 Å². The van der Waals surface area contributed by atoms with Gasteiger partial charge in [-0.15, -0.1) is 0 Å². The summed E-state index contributed by atoms with van der Waals surface area (Å²) in [7, 11) is 0. The summed E-state index contributed by atoms with van der Waals surface area (Å²) in [5, 5.41) is 3.53. The van der Waals surface area contributed by atoms with Crippen LogP contribution >= 0.6 is 0 Å². The van der Waals surface area contributed by atoms with Gasteiger partial charge >= 0.3 is 0 Å². The SMILES string of the molecule is c1cc(CCNCC2CCOCC2)ccn1. The highest BCUT2D eigenvalue weighted by molar-refractivity contribution is 5.09. The highest BCUT2D eigenvalue weighted by atomic mass is 16.5. The van der Waals surface area contributed by atoms with E-state index in [1.807, 2.05) is 12.4 Å². The first kappa shape index (κ1) is 11.6. The minimum absolute atomic E-state index is 0.811. The molecule has 1 aromatic heterocycles. The van der Waals surface area contributed by atoms with Crippen LogP contribution in [0.4, 0.5) is 0 Å². The topological polar surface area (TPSA) is 34.1 Å². The molecule has 16 heavy (non-hydrogen) atoms. The predicted octanol–water partition coefficient (Wildman–Crippen LogP) is 1.64. The Bertz CT molecular complexity index is 283. The van der Waals surface area contributed by atoms with E-state index in [4.69, 9.17) is 4.74 Å². The number of aromatic nitrogens is 1. The summed E-state index contributed by atoms with van der Waals surface area (Å²) in [4.78, 5) is 4.01. The standard InChI is InChI=1S/C13H20N2O/c1-6-14-7-2-12(1)3-8-15-11-13-4-9-16-10-5-13/h1-2,6-7,13,15H,3-5,8-11H2. The smallest absolute Gasteiger partial charge is 0.0469 e. The zero-order chi connectivity index (χ0) is 11.1. The first-order valence-corrected chi connectivity index (χ1v) is 6.12. The monoisotopic (exact) mass is 220 g/mol. The van der Waals surface area contributed by atoms with Crippen molar-refractivity contribution in [1.82, 2.24) is 10.3 Å². The Labute approximate surface area is 97.2 Å². The van der Waals surface area contributed by atoms with Gasteiger partial charge in [-0.05, 0) is 56.0 Å². The van der Waals surface area contributed by atoms with Crippen LogP contribution in [-0.2, 0) is 11.2 Å². The van der Waals surface area contributed by atoms with Gasteiger partial charge in [-0.1, -0.05) is 0 Å². The van der Waals surface area contributed by atoms with Crippen molar-refractivity contribution in [3.8, 4) is 0 Å². The van der Waals surface area contributed by atoms with Gasteiger partial charge in [0.2, 0.25) is 0 Å². The molecule has 0 amide bonds. The first-order valence-electron chi connectivity index (χ1n) is 6.12. The Balaban J connectivity index is 1.58. The summed E-state index contributed by atoms with van der Waals surface area (Å²) in [6, 6.07) is 4.16. The van der Waals surface area contributed by atoms with Crippen LogP contribution < -0.4 is 5.32 Å². The van der Waals surface area contributed by atoms with Gasteiger partial charge in [-0.25, -0.2) is 0 Å². The molecular weight excluding hydrogens is 200 g/mol. The lowest BCUT2D eigenvalue weighted by Crippen LogP contribution is -2.29. The number of nitrogens with zero attached hydrogens (tertiary/aromatic N) is 1. The minimum Gasteiger partial charge on any atom is -0.381 e. The van der Waals surface area contributed by atoms with E-state index < -0.39 is 0 Å². The van der Waals surface area contributed by atoms with Gasteiger partial charge in [-0.2, -0.15) is 0 Å². The Morgan fingerprint density at radius 1 is 1.25 bits per heavy atom. The van der Waals surface area contributed by atoms with E-state index >= 15 is 0 Å². The molecule has 1 fully saturated rings. The minimum atomic E-state index is 0.811. The number of ether oxygens (including phenoxy) is 1. The highest BCUT2D eigenvalue weighted by Gasteiger charge is 2.12. The first-order chi connectivity index (χ1) is 7.95. The Hall–Kier alpha value is -0.930. The third-order valence-corrected chi connectivity index (χ3v) is 3.11. The molecule has 2 rings (SSSR count). The molecule has 88 valence electrons. The Kier molecular flexibility index (Phi) is 4.77. The van der Waals surface area contributed by atoms with Gasteiger partial charge in [0.25, 0.3) is 0 Å². The second-order valence-corrected chi connectivity index (χ2v) is 4.37. The molecule has 1 aliphatic heterocycles. The highest BCUT2D eigenvalue weighted by Crippen LogP contribution is 2.12. The summed E-state index contributed by atoms with van der Waals surface area (Å²) in [6.45, 7) is 4.07. The molecule has 3 heteroatoms.